The number of pyridine rings is 1. The number of aromatic nitrogens is 1. The van der Waals surface area contributed by atoms with Crippen molar-refractivity contribution in [1.29, 1.82) is 0 Å². The maximum Gasteiger partial charge on any atom is 0.254 e. The van der Waals surface area contributed by atoms with Crippen LogP contribution in [0.25, 0.3) is 10.8 Å². The summed E-state index contributed by atoms with van der Waals surface area (Å²) in [5, 5.41) is 2.01. The highest BCUT2D eigenvalue weighted by atomic mass is 16.2. The van der Waals surface area contributed by atoms with E-state index in [1.54, 1.807) is 12.4 Å². The highest BCUT2D eigenvalue weighted by molar-refractivity contribution is 6.06. The van der Waals surface area contributed by atoms with E-state index >= 15 is 0 Å². The normalized spacial score (nSPS) is 15.9. The van der Waals surface area contributed by atoms with Crippen LogP contribution in [-0.2, 0) is 0 Å². The topological polar surface area (TPSA) is 33.2 Å². The van der Waals surface area contributed by atoms with Crippen LogP contribution in [0, 0.1) is 6.42 Å². The Hall–Kier alpha value is -1.90. The van der Waals surface area contributed by atoms with Gasteiger partial charge >= 0.3 is 0 Å². The monoisotopic (exact) mass is 239 g/mol. The summed E-state index contributed by atoms with van der Waals surface area (Å²) in [6.45, 7) is 1.66. The van der Waals surface area contributed by atoms with Crippen LogP contribution in [0.1, 0.15) is 23.2 Å². The van der Waals surface area contributed by atoms with Crippen LogP contribution < -0.4 is 0 Å². The van der Waals surface area contributed by atoms with Gasteiger partial charge in [0.05, 0.1) is 0 Å². The average Bonchev–Trinajstić information content (AvgIpc) is 2.47. The number of benzene rings is 1. The zero-order valence-corrected chi connectivity index (χ0v) is 10.2. The molecule has 1 aromatic carbocycles. The van der Waals surface area contributed by atoms with Gasteiger partial charge in [-0.2, -0.15) is 0 Å². The van der Waals surface area contributed by atoms with Gasteiger partial charge < -0.3 is 4.90 Å². The van der Waals surface area contributed by atoms with Gasteiger partial charge in [0.2, 0.25) is 0 Å². The summed E-state index contributed by atoms with van der Waals surface area (Å²) in [4.78, 5) is 18.6. The summed E-state index contributed by atoms with van der Waals surface area (Å²) in [5.41, 5.74) is 0.766. The zero-order valence-electron chi connectivity index (χ0n) is 10.2. The third-order valence-electron chi connectivity index (χ3n) is 3.41. The summed E-state index contributed by atoms with van der Waals surface area (Å²) in [7, 11) is 0. The van der Waals surface area contributed by atoms with Gasteiger partial charge in [0.25, 0.3) is 5.91 Å². The van der Waals surface area contributed by atoms with Crippen LogP contribution in [-0.4, -0.2) is 28.9 Å². The Balaban J connectivity index is 2.00. The third-order valence-corrected chi connectivity index (χ3v) is 3.41. The number of nitrogens with zero attached hydrogens (tertiary/aromatic N) is 2. The first-order chi connectivity index (χ1) is 8.86. The molecule has 1 radical (unpaired) electrons. The van der Waals surface area contributed by atoms with Gasteiger partial charge in [-0.15, -0.1) is 0 Å². The molecule has 2 aromatic rings. The summed E-state index contributed by atoms with van der Waals surface area (Å²) in [6, 6.07) is 7.78. The van der Waals surface area contributed by atoms with E-state index in [0.29, 0.717) is 0 Å². The summed E-state index contributed by atoms with van der Waals surface area (Å²) in [5.74, 6) is 0.127. The number of likely N-dealkylation sites (tertiary alicyclic amines) is 1. The van der Waals surface area contributed by atoms with Gasteiger partial charge in [-0.25, -0.2) is 0 Å². The Labute approximate surface area is 106 Å². The number of hydrogen-bond donors (Lipinski definition) is 0. The lowest BCUT2D eigenvalue weighted by Gasteiger charge is -2.27. The number of piperidine rings is 1. The first-order valence-corrected chi connectivity index (χ1v) is 6.30. The average molecular weight is 239 g/mol. The Morgan fingerprint density at radius 1 is 1.17 bits per heavy atom. The van der Waals surface area contributed by atoms with Crippen molar-refractivity contribution < 1.29 is 4.79 Å². The van der Waals surface area contributed by atoms with Crippen molar-refractivity contribution in [2.45, 2.75) is 12.8 Å². The molecule has 0 N–H and O–H groups in total. The molecule has 1 fully saturated rings. The molecule has 1 amide bonds. The predicted octanol–water partition coefficient (Wildman–Crippen LogP) is 2.68. The molecular weight excluding hydrogens is 224 g/mol. The second-order valence-electron chi connectivity index (χ2n) is 4.56. The van der Waals surface area contributed by atoms with Crippen LogP contribution in [0.2, 0.25) is 0 Å². The molecule has 0 bridgehead atoms. The summed E-state index contributed by atoms with van der Waals surface area (Å²) in [6.07, 6.45) is 7.77. The third kappa shape index (κ3) is 1.96. The molecule has 0 saturated carbocycles. The zero-order chi connectivity index (χ0) is 12.4. The molecule has 91 valence electrons. The maximum absolute atomic E-state index is 12.5. The van der Waals surface area contributed by atoms with Crippen LogP contribution in [0.4, 0.5) is 0 Å². The standard InChI is InChI=1S/C15H15N2O/c18-15(17-9-2-1-3-10-17)13-6-4-5-12-7-8-16-11-14(12)13/h1,4-8,11H,2-3,9-10H2. The fourth-order valence-corrected chi connectivity index (χ4v) is 2.42. The first-order valence-electron chi connectivity index (χ1n) is 6.30. The lowest BCUT2D eigenvalue weighted by Crippen LogP contribution is -2.35. The molecule has 0 atom stereocenters. The fraction of sp³-hybridized carbons (Fsp3) is 0.267. The molecule has 3 nitrogen and oxygen atoms in total. The van der Waals surface area contributed by atoms with Gasteiger partial charge in [0, 0.05) is 36.4 Å². The molecular formula is C15H15N2O. The molecule has 3 heteroatoms. The van der Waals surface area contributed by atoms with E-state index in [2.05, 4.69) is 11.4 Å². The van der Waals surface area contributed by atoms with E-state index in [-0.39, 0.29) is 5.91 Å². The van der Waals surface area contributed by atoms with Crippen LogP contribution >= 0.6 is 0 Å². The van der Waals surface area contributed by atoms with Gasteiger partial charge in [0.1, 0.15) is 0 Å². The van der Waals surface area contributed by atoms with E-state index in [0.717, 1.165) is 42.3 Å². The number of amides is 1. The minimum absolute atomic E-state index is 0.127. The Kier molecular flexibility index (Phi) is 2.97. The number of hydrogen-bond acceptors (Lipinski definition) is 2. The molecule has 2 heterocycles. The highest BCUT2D eigenvalue weighted by Crippen LogP contribution is 2.20. The van der Waals surface area contributed by atoms with Crippen LogP contribution in [0.15, 0.2) is 36.7 Å². The van der Waals surface area contributed by atoms with E-state index in [4.69, 9.17) is 0 Å². The molecule has 0 unspecified atom stereocenters. The van der Waals surface area contributed by atoms with Gasteiger partial charge in [-0.3, -0.25) is 9.78 Å². The quantitative estimate of drug-likeness (QED) is 0.766. The molecule has 0 spiro atoms. The predicted molar refractivity (Wildman–Crippen MR) is 71.2 cm³/mol. The molecule has 1 aliphatic heterocycles. The SMILES string of the molecule is O=C(c1cccc2ccncc12)N1CC[CH]CC1. The second-order valence-corrected chi connectivity index (χ2v) is 4.56. The Bertz CT molecular complexity index is 568. The number of rotatable bonds is 1. The molecule has 0 aliphatic carbocycles. The second kappa shape index (κ2) is 4.77. The molecule has 1 aliphatic rings. The van der Waals surface area contributed by atoms with Crippen molar-refractivity contribution in [2.24, 2.45) is 0 Å². The van der Waals surface area contributed by atoms with Crippen molar-refractivity contribution >= 4 is 16.7 Å². The number of carbonyl (C=O) groups is 1. The van der Waals surface area contributed by atoms with Gasteiger partial charge in [0.15, 0.2) is 0 Å². The van der Waals surface area contributed by atoms with E-state index in [1.165, 1.54) is 0 Å². The molecule has 1 saturated heterocycles. The van der Waals surface area contributed by atoms with Crippen LogP contribution in [0.3, 0.4) is 0 Å². The van der Waals surface area contributed by atoms with Crippen molar-refractivity contribution in [3.05, 3.63) is 48.6 Å². The van der Waals surface area contributed by atoms with E-state index in [1.807, 2.05) is 29.2 Å². The summed E-state index contributed by atoms with van der Waals surface area (Å²) >= 11 is 0. The van der Waals surface area contributed by atoms with Crippen molar-refractivity contribution in [3.8, 4) is 0 Å². The van der Waals surface area contributed by atoms with Gasteiger partial charge in [-0.05, 0) is 36.8 Å². The van der Waals surface area contributed by atoms with Gasteiger partial charge in [-0.1, -0.05) is 12.1 Å². The number of fused-ring (bicyclic) bond motifs is 1. The molecule has 3 rings (SSSR count). The lowest BCUT2D eigenvalue weighted by atomic mass is 10.0. The highest BCUT2D eigenvalue weighted by Gasteiger charge is 2.19. The van der Waals surface area contributed by atoms with Crippen molar-refractivity contribution in [1.82, 2.24) is 9.88 Å². The van der Waals surface area contributed by atoms with Crippen molar-refractivity contribution in [2.75, 3.05) is 13.1 Å². The van der Waals surface area contributed by atoms with Crippen LogP contribution in [0.5, 0.6) is 0 Å². The van der Waals surface area contributed by atoms with E-state index < -0.39 is 0 Å². The maximum atomic E-state index is 12.5. The lowest BCUT2D eigenvalue weighted by molar-refractivity contribution is 0.0744. The Morgan fingerprint density at radius 3 is 2.83 bits per heavy atom. The minimum Gasteiger partial charge on any atom is -0.339 e. The van der Waals surface area contributed by atoms with E-state index in [9.17, 15) is 4.79 Å². The summed E-state index contributed by atoms with van der Waals surface area (Å²) < 4.78 is 0. The molecule has 18 heavy (non-hydrogen) atoms. The Morgan fingerprint density at radius 2 is 2.00 bits per heavy atom. The molecule has 1 aromatic heterocycles. The largest absolute Gasteiger partial charge is 0.339 e. The first kappa shape index (κ1) is 11.2. The smallest absolute Gasteiger partial charge is 0.254 e. The minimum atomic E-state index is 0.127. The van der Waals surface area contributed by atoms with Crippen molar-refractivity contribution in [3.63, 3.8) is 0 Å². The number of carbonyl (C=O) groups excluding carboxylic acids is 1. The fourth-order valence-electron chi connectivity index (χ4n) is 2.42.